The Morgan fingerprint density at radius 3 is 2.46 bits per heavy atom. The van der Waals surface area contributed by atoms with Gasteiger partial charge in [0.25, 0.3) is 0 Å². The number of hydrogen-bond donors (Lipinski definition) is 1. The number of fused-ring (bicyclic) bond motifs is 1. The molecule has 176 valence electrons. The smallest absolute Gasteiger partial charge is 0.191 e. The predicted molar refractivity (Wildman–Crippen MR) is 135 cm³/mol. The van der Waals surface area contributed by atoms with E-state index in [1.165, 1.54) is 0 Å². The summed E-state index contributed by atoms with van der Waals surface area (Å²) in [5, 5.41) is 31.1. The minimum absolute atomic E-state index is 0.0639. The number of rotatable bonds is 4. The van der Waals surface area contributed by atoms with Crippen molar-refractivity contribution in [3.8, 4) is 24.0 Å². The first kappa shape index (κ1) is 24.4. The van der Waals surface area contributed by atoms with Gasteiger partial charge >= 0.3 is 0 Å². The minimum atomic E-state index is -1.62. The Bertz CT molecular complexity index is 1370. The second-order valence-electron chi connectivity index (χ2n) is 9.44. The van der Waals surface area contributed by atoms with Gasteiger partial charge in [0.1, 0.15) is 18.4 Å². The van der Waals surface area contributed by atoms with Crippen molar-refractivity contribution in [2.75, 3.05) is 0 Å². The molecular weight excluding hydrogens is 456 g/mol. The second kappa shape index (κ2) is 9.50. The van der Waals surface area contributed by atoms with Crippen LogP contribution in [0.2, 0.25) is 5.02 Å². The molecule has 35 heavy (non-hydrogen) atoms. The minimum Gasteiger partial charge on any atom is -0.489 e. The summed E-state index contributed by atoms with van der Waals surface area (Å²) in [6, 6.07) is 16.3. The van der Waals surface area contributed by atoms with E-state index in [9.17, 15) is 15.8 Å². The Morgan fingerprint density at radius 1 is 1.06 bits per heavy atom. The summed E-state index contributed by atoms with van der Waals surface area (Å²) < 4.78 is 6.13. The largest absolute Gasteiger partial charge is 0.489 e. The van der Waals surface area contributed by atoms with Crippen molar-refractivity contribution in [2.45, 2.75) is 52.6 Å². The van der Waals surface area contributed by atoms with E-state index in [0.717, 1.165) is 58.4 Å². The van der Waals surface area contributed by atoms with E-state index in [1.54, 1.807) is 6.07 Å². The highest BCUT2D eigenvalue weighted by molar-refractivity contribution is 6.30. The summed E-state index contributed by atoms with van der Waals surface area (Å²) in [6.07, 6.45) is 4.65. The topological polar surface area (TPSA) is 107 Å². The van der Waals surface area contributed by atoms with Crippen molar-refractivity contribution < 1.29 is 4.74 Å². The van der Waals surface area contributed by atoms with Gasteiger partial charge < -0.3 is 10.5 Å². The van der Waals surface area contributed by atoms with Gasteiger partial charge in [-0.15, -0.1) is 0 Å². The number of aryl methyl sites for hydroxylation is 3. The molecule has 0 radical (unpaired) electrons. The van der Waals surface area contributed by atoms with Crippen LogP contribution in [0.3, 0.4) is 0 Å². The first-order chi connectivity index (χ1) is 16.8. The molecule has 0 aromatic heterocycles. The Labute approximate surface area is 211 Å². The van der Waals surface area contributed by atoms with Crippen molar-refractivity contribution in [3.63, 3.8) is 0 Å². The molecule has 0 fully saturated rings. The predicted octanol–water partition coefficient (Wildman–Crippen LogP) is 6.44. The molecule has 0 bridgehead atoms. The van der Waals surface area contributed by atoms with Gasteiger partial charge in [0, 0.05) is 10.9 Å². The zero-order chi connectivity index (χ0) is 25.3. The summed E-state index contributed by atoms with van der Waals surface area (Å²) in [5.74, 6) is 0.150. The van der Waals surface area contributed by atoms with Crippen LogP contribution in [0.5, 0.6) is 5.75 Å². The highest BCUT2D eigenvalue weighted by atomic mass is 35.5. The van der Waals surface area contributed by atoms with Crippen molar-refractivity contribution >= 4 is 11.6 Å². The molecule has 2 aliphatic carbocycles. The number of benzene rings is 2. The Balaban J connectivity index is 1.83. The fourth-order valence-corrected chi connectivity index (χ4v) is 5.78. The first-order valence-corrected chi connectivity index (χ1v) is 12.1. The van der Waals surface area contributed by atoms with Gasteiger partial charge in [0.05, 0.1) is 23.4 Å². The van der Waals surface area contributed by atoms with Gasteiger partial charge in [-0.3, -0.25) is 0 Å². The van der Waals surface area contributed by atoms with Crippen LogP contribution >= 0.6 is 11.6 Å². The van der Waals surface area contributed by atoms with Gasteiger partial charge in [-0.2, -0.15) is 15.8 Å². The molecule has 0 amide bonds. The van der Waals surface area contributed by atoms with Crippen molar-refractivity contribution in [3.05, 3.63) is 86.1 Å². The van der Waals surface area contributed by atoms with Gasteiger partial charge in [0.15, 0.2) is 5.41 Å². The molecule has 0 unspecified atom stereocenters. The molecule has 2 N–H and O–H groups in total. The van der Waals surface area contributed by atoms with Gasteiger partial charge in [0.2, 0.25) is 0 Å². The van der Waals surface area contributed by atoms with Crippen molar-refractivity contribution in [2.24, 2.45) is 17.1 Å². The van der Waals surface area contributed by atoms with Crippen LogP contribution in [0, 0.1) is 66.1 Å². The maximum atomic E-state index is 10.3. The number of hydrogen-bond acceptors (Lipinski definition) is 5. The summed E-state index contributed by atoms with van der Waals surface area (Å²) in [6.45, 7) is 6.31. The average molecular weight is 483 g/mol. The van der Waals surface area contributed by atoms with E-state index in [-0.39, 0.29) is 11.6 Å². The van der Waals surface area contributed by atoms with Crippen LogP contribution in [0.4, 0.5) is 0 Å². The van der Waals surface area contributed by atoms with E-state index in [4.69, 9.17) is 22.1 Å². The SMILES string of the molecule is Cc1cc(C)c([C@H]2[C@H]3CCCC=C3C(C#N)=C(N)C2(C#N)C#N)cc1COc1ccc(Cl)cc1C. The summed E-state index contributed by atoms with van der Waals surface area (Å²) in [7, 11) is 0. The molecule has 0 spiro atoms. The Kier molecular flexibility index (Phi) is 6.62. The van der Waals surface area contributed by atoms with Crippen LogP contribution in [0.25, 0.3) is 0 Å². The second-order valence-corrected chi connectivity index (χ2v) is 9.88. The molecule has 5 nitrogen and oxygen atoms in total. The average Bonchev–Trinajstić information content (AvgIpc) is 2.84. The molecule has 2 aromatic carbocycles. The first-order valence-electron chi connectivity index (χ1n) is 11.7. The molecule has 0 saturated heterocycles. The molecule has 0 heterocycles. The number of nitriles is 3. The van der Waals surface area contributed by atoms with Crippen LogP contribution in [-0.2, 0) is 6.61 Å². The Morgan fingerprint density at radius 2 is 1.80 bits per heavy atom. The summed E-state index contributed by atoms with van der Waals surface area (Å²) in [4.78, 5) is 0. The standard InChI is InChI=1S/C29H27ClN4O/c1-17-10-18(2)24(12-20(17)14-35-26-9-8-21(30)11-19(26)3)27-23-7-5-4-6-22(23)25(13-31)28(34)29(27,15-32)16-33/h6,8-12,23,27H,4-5,7,14,34H2,1-3H3/t23-,27+/m0/s1. The number of ether oxygens (including phenoxy) is 1. The molecular formula is C29H27ClN4O. The highest BCUT2D eigenvalue weighted by Crippen LogP contribution is 2.56. The van der Waals surface area contributed by atoms with E-state index in [0.29, 0.717) is 17.2 Å². The number of nitrogens with zero attached hydrogens (tertiary/aromatic N) is 3. The normalized spacial score (nSPS) is 20.7. The lowest BCUT2D eigenvalue weighted by molar-refractivity contribution is 0.300. The fourth-order valence-electron chi connectivity index (χ4n) is 5.55. The number of halogens is 1. The van der Waals surface area contributed by atoms with E-state index < -0.39 is 11.3 Å². The highest BCUT2D eigenvalue weighted by Gasteiger charge is 2.54. The quantitative estimate of drug-likeness (QED) is 0.539. The lowest BCUT2D eigenvalue weighted by Crippen LogP contribution is -2.43. The van der Waals surface area contributed by atoms with Gasteiger partial charge in [-0.05, 0) is 97.5 Å². The lowest BCUT2D eigenvalue weighted by Gasteiger charge is -2.44. The number of allylic oxidation sites excluding steroid dienone is 4. The lowest BCUT2D eigenvalue weighted by atomic mass is 9.56. The molecule has 2 aromatic rings. The zero-order valence-electron chi connectivity index (χ0n) is 20.2. The summed E-state index contributed by atoms with van der Waals surface area (Å²) in [5.41, 5.74) is 10.9. The third kappa shape index (κ3) is 4.05. The van der Waals surface area contributed by atoms with E-state index >= 15 is 0 Å². The maximum Gasteiger partial charge on any atom is 0.191 e. The zero-order valence-corrected chi connectivity index (χ0v) is 20.9. The third-order valence-electron chi connectivity index (χ3n) is 7.38. The molecule has 0 saturated carbocycles. The van der Waals surface area contributed by atoms with Crippen LogP contribution in [0.1, 0.15) is 53.0 Å². The number of nitrogens with two attached hydrogens (primary N) is 1. The van der Waals surface area contributed by atoms with Crippen LogP contribution in [-0.4, -0.2) is 0 Å². The van der Waals surface area contributed by atoms with Crippen LogP contribution < -0.4 is 10.5 Å². The molecule has 6 heteroatoms. The van der Waals surface area contributed by atoms with Crippen molar-refractivity contribution in [1.29, 1.82) is 15.8 Å². The van der Waals surface area contributed by atoms with Crippen molar-refractivity contribution in [1.82, 2.24) is 0 Å². The maximum absolute atomic E-state index is 10.3. The molecule has 0 aliphatic heterocycles. The molecule has 4 rings (SSSR count). The monoisotopic (exact) mass is 482 g/mol. The van der Waals surface area contributed by atoms with Gasteiger partial charge in [-0.25, -0.2) is 0 Å². The summed E-state index contributed by atoms with van der Waals surface area (Å²) >= 11 is 6.08. The van der Waals surface area contributed by atoms with Gasteiger partial charge in [-0.1, -0.05) is 29.8 Å². The van der Waals surface area contributed by atoms with E-state index in [2.05, 4.69) is 36.4 Å². The Hall–Kier alpha value is -3.72. The molecule has 2 aliphatic rings. The third-order valence-corrected chi connectivity index (χ3v) is 7.61. The van der Waals surface area contributed by atoms with Crippen LogP contribution in [0.15, 0.2) is 53.3 Å². The molecule has 2 atom stereocenters. The van der Waals surface area contributed by atoms with E-state index in [1.807, 2.05) is 32.9 Å². The fraction of sp³-hybridized carbons (Fsp3) is 0.345.